The molecule has 2 saturated heterocycles. The molecule has 0 aromatic carbocycles. The Morgan fingerprint density at radius 1 is 1.17 bits per heavy atom. The Morgan fingerprint density at radius 2 is 1.94 bits per heavy atom. The number of carbonyl (C=O) groups excluding carboxylic acids is 1. The summed E-state index contributed by atoms with van der Waals surface area (Å²) in [6, 6.07) is 0.771. The quantitative estimate of drug-likeness (QED) is 0.397. The van der Waals surface area contributed by atoms with Gasteiger partial charge in [-0.25, -0.2) is 0 Å². The highest BCUT2D eigenvalue weighted by Gasteiger charge is 2.58. The lowest BCUT2D eigenvalue weighted by molar-refractivity contribution is -0.942. The molecular formula is C15H25INO+. The first-order chi connectivity index (χ1) is 8.71. The van der Waals surface area contributed by atoms with E-state index in [1.54, 1.807) is 0 Å². The number of hydrogen-bond acceptors (Lipinski definition) is 1. The summed E-state index contributed by atoms with van der Waals surface area (Å²) < 4.78 is 2.54. The van der Waals surface area contributed by atoms with Crippen LogP contribution in [0.4, 0.5) is 0 Å². The highest BCUT2D eigenvalue weighted by Crippen LogP contribution is 2.49. The van der Waals surface area contributed by atoms with Gasteiger partial charge in [0.1, 0.15) is 5.78 Å². The van der Waals surface area contributed by atoms with E-state index in [-0.39, 0.29) is 5.41 Å². The Bertz CT molecular complexity index is 337. The van der Waals surface area contributed by atoms with Gasteiger partial charge in [-0.3, -0.25) is 4.79 Å². The van der Waals surface area contributed by atoms with Gasteiger partial charge in [-0.1, -0.05) is 29.0 Å². The average Bonchev–Trinajstić information content (AvgIpc) is 2.69. The maximum Gasteiger partial charge on any atom is 0.144 e. The summed E-state index contributed by atoms with van der Waals surface area (Å²) in [6.07, 6.45) is 9.89. The lowest BCUT2D eigenvalue weighted by Crippen LogP contribution is -2.56. The molecule has 0 aromatic rings. The number of quaternary nitrogens is 1. The minimum absolute atomic E-state index is 0.103. The largest absolute Gasteiger partial charge is 0.320 e. The average molecular weight is 362 g/mol. The standard InChI is InChI=1S/C15H25INO/c16-11-13-10-15(7-3-2-6-14(15)18)12-17(13)8-4-1-5-9-17/h13H,1-12H2/q+1. The summed E-state index contributed by atoms with van der Waals surface area (Å²) >= 11 is 2.56. The van der Waals surface area contributed by atoms with E-state index in [4.69, 9.17) is 0 Å². The number of halogens is 1. The molecule has 102 valence electrons. The number of alkyl halides is 1. The van der Waals surface area contributed by atoms with Gasteiger partial charge in [0.2, 0.25) is 0 Å². The van der Waals surface area contributed by atoms with Crippen LogP contribution in [-0.2, 0) is 4.79 Å². The van der Waals surface area contributed by atoms with Crippen LogP contribution in [-0.4, -0.2) is 40.4 Å². The van der Waals surface area contributed by atoms with Crippen LogP contribution >= 0.6 is 22.6 Å². The fraction of sp³-hybridized carbons (Fsp3) is 0.933. The van der Waals surface area contributed by atoms with Crippen molar-refractivity contribution in [1.82, 2.24) is 0 Å². The summed E-state index contributed by atoms with van der Waals surface area (Å²) in [5, 5.41) is 0. The molecule has 18 heavy (non-hydrogen) atoms. The van der Waals surface area contributed by atoms with Crippen LogP contribution in [0, 0.1) is 5.41 Å². The Labute approximate surface area is 124 Å². The molecule has 2 nitrogen and oxygen atoms in total. The van der Waals surface area contributed by atoms with Crippen LogP contribution in [0.5, 0.6) is 0 Å². The number of nitrogens with zero attached hydrogens (tertiary/aromatic N) is 1. The van der Waals surface area contributed by atoms with Crippen molar-refractivity contribution in [1.29, 1.82) is 0 Å². The highest BCUT2D eigenvalue weighted by atomic mass is 127. The predicted molar refractivity (Wildman–Crippen MR) is 81.9 cm³/mol. The van der Waals surface area contributed by atoms with Gasteiger partial charge in [-0.2, -0.15) is 0 Å². The minimum atomic E-state index is 0.103. The van der Waals surface area contributed by atoms with Crippen molar-refractivity contribution < 1.29 is 9.28 Å². The molecule has 0 bridgehead atoms. The van der Waals surface area contributed by atoms with Crippen LogP contribution < -0.4 is 0 Å². The second-order valence-electron chi connectivity index (χ2n) is 6.81. The third kappa shape index (κ3) is 2.05. The molecule has 2 aliphatic heterocycles. The van der Waals surface area contributed by atoms with E-state index in [2.05, 4.69) is 22.6 Å². The van der Waals surface area contributed by atoms with E-state index in [1.165, 1.54) is 67.1 Å². The smallest absolute Gasteiger partial charge is 0.144 e. The number of piperidine rings is 1. The summed E-state index contributed by atoms with van der Waals surface area (Å²) in [5.74, 6) is 0.615. The van der Waals surface area contributed by atoms with Crippen LogP contribution in [0.25, 0.3) is 0 Å². The first kappa shape index (κ1) is 13.3. The molecule has 2 atom stereocenters. The second-order valence-corrected chi connectivity index (χ2v) is 7.69. The fourth-order valence-electron chi connectivity index (χ4n) is 4.84. The maximum absolute atomic E-state index is 12.5. The molecule has 2 unspecified atom stereocenters. The van der Waals surface area contributed by atoms with Crippen LogP contribution in [0.2, 0.25) is 0 Å². The van der Waals surface area contributed by atoms with Gasteiger partial charge in [-0.05, 0) is 32.1 Å². The van der Waals surface area contributed by atoms with Gasteiger partial charge in [0.15, 0.2) is 0 Å². The Morgan fingerprint density at radius 3 is 2.61 bits per heavy atom. The maximum atomic E-state index is 12.5. The molecule has 2 spiro atoms. The molecule has 1 saturated carbocycles. The first-order valence-corrected chi connectivity index (χ1v) is 9.18. The zero-order valence-electron chi connectivity index (χ0n) is 11.3. The second kappa shape index (κ2) is 5.04. The van der Waals surface area contributed by atoms with E-state index in [0.717, 1.165) is 18.9 Å². The van der Waals surface area contributed by atoms with Gasteiger partial charge < -0.3 is 4.48 Å². The van der Waals surface area contributed by atoms with Crippen molar-refractivity contribution in [2.75, 3.05) is 24.1 Å². The fourth-order valence-corrected chi connectivity index (χ4v) is 5.99. The van der Waals surface area contributed by atoms with E-state index >= 15 is 0 Å². The van der Waals surface area contributed by atoms with Crippen molar-refractivity contribution in [3.8, 4) is 0 Å². The third-order valence-electron chi connectivity index (χ3n) is 5.80. The SMILES string of the molecule is O=C1CCCCC12CC(CI)[N+]1(CCCCC1)C2. The number of hydrogen-bond donors (Lipinski definition) is 0. The van der Waals surface area contributed by atoms with Crippen LogP contribution in [0.15, 0.2) is 0 Å². The Balaban J connectivity index is 1.86. The molecule has 0 aromatic heterocycles. The normalized spacial score (nSPS) is 39.6. The van der Waals surface area contributed by atoms with Crippen molar-refractivity contribution in [3.63, 3.8) is 0 Å². The molecule has 2 heterocycles. The van der Waals surface area contributed by atoms with Crippen molar-refractivity contribution in [2.45, 2.75) is 57.4 Å². The lowest BCUT2D eigenvalue weighted by atomic mass is 9.71. The van der Waals surface area contributed by atoms with Crippen molar-refractivity contribution in [2.24, 2.45) is 5.41 Å². The van der Waals surface area contributed by atoms with Crippen molar-refractivity contribution >= 4 is 28.4 Å². The van der Waals surface area contributed by atoms with Gasteiger partial charge in [0.25, 0.3) is 0 Å². The van der Waals surface area contributed by atoms with Gasteiger partial charge in [0.05, 0.1) is 35.5 Å². The van der Waals surface area contributed by atoms with Gasteiger partial charge in [0, 0.05) is 12.8 Å². The van der Waals surface area contributed by atoms with Crippen LogP contribution in [0.1, 0.15) is 51.4 Å². The molecule has 3 heteroatoms. The summed E-state index contributed by atoms with van der Waals surface area (Å²) in [7, 11) is 0. The lowest BCUT2D eigenvalue weighted by Gasteiger charge is -2.43. The van der Waals surface area contributed by atoms with E-state index in [0.29, 0.717) is 5.78 Å². The van der Waals surface area contributed by atoms with E-state index < -0.39 is 0 Å². The molecular weight excluding hydrogens is 337 g/mol. The zero-order chi connectivity index (χ0) is 12.6. The molecule has 3 rings (SSSR count). The van der Waals surface area contributed by atoms with Crippen molar-refractivity contribution in [3.05, 3.63) is 0 Å². The Hall–Kier alpha value is 0.360. The van der Waals surface area contributed by atoms with Gasteiger partial charge in [-0.15, -0.1) is 0 Å². The van der Waals surface area contributed by atoms with E-state index in [9.17, 15) is 4.79 Å². The topological polar surface area (TPSA) is 17.1 Å². The molecule has 0 amide bonds. The predicted octanol–water partition coefficient (Wildman–Crippen LogP) is 3.32. The summed E-state index contributed by atoms with van der Waals surface area (Å²) in [5.41, 5.74) is 0.103. The minimum Gasteiger partial charge on any atom is -0.320 e. The number of rotatable bonds is 1. The van der Waals surface area contributed by atoms with Crippen LogP contribution in [0.3, 0.4) is 0 Å². The molecule has 3 aliphatic rings. The zero-order valence-corrected chi connectivity index (χ0v) is 13.5. The molecule has 0 radical (unpaired) electrons. The number of ketones is 1. The number of Topliss-reactive ketones (excluding diaryl/α,β-unsaturated/α-hetero) is 1. The summed E-state index contributed by atoms with van der Waals surface area (Å²) in [6.45, 7) is 3.89. The van der Waals surface area contributed by atoms with E-state index in [1.807, 2.05) is 0 Å². The van der Waals surface area contributed by atoms with Gasteiger partial charge >= 0.3 is 0 Å². The third-order valence-corrected chi connectivity index (χ3v) is 6.82. The highest BCUT2D eigenvalue weighted by molar-refractivity contribution is 14.1. The monoisotopic (exact) mass is 362 g/mol. The molecule has 3 fully saturated rings. The molecule has 0 N–H and O–H groups in total. The summed E-state index contributed by atoms with van der Waals surface area (Å²) in [4.78, 5) is 12.5. The first-order valence-electron chi connectivity index (χ1n) is 7.66. The molecule has 1 aliphatic carbocycles. The number of carbonyl (C=O) groups is 1. The Kier molecular flexibility index (Phi) is 3.74.